The molecule has 3 nitrogen and oxygen atoms in total. The number of hydrogen-bond donors (Lipinski definition) is 1. The molecule has 1 saturated heterocycles. The molecule has 0 atom stereocenters. The van der Waals surface area contributed by atoms with Crippen molar-refractivity contribution in [3.05, 3.63) is 34.9 Å². The van der Waals surface area contributed by atoms with E-state index in [1.54, 1.807) is 0 Å². The molecule has 1 heterocycles. The monoisotopic (exact) mass is 267 g/mol. The Morgan fingerprint density at radius 2 is 1.94 bits per heavy atom. The molecule has 0 unspecified atom stereocenters. The summed E-state index contributed by atoms with van der Waals surface area (Å²) in [5.41, 5.74) is 0.990. The topological polar surface area (TPSA) is 38.3 Å². The highest BCUT2D eigenvalue weighted by Crippen LogP contribution is 2.13. The van der Waals surface area contributed by atoms with Crippen molar-refractivity contribution in [1.29, 1.82) is 0 Å². The first kappa shape index (κ1) is 13.4. The fourth-order valence-corrected chi connectivity index (χ4v) is 2.18. The number of rotatable bonds is 4. The van der Waals surface area contributed by atoms with E-state index >= 15 is 0 Å². The van der Waals surface area contributed by atoms with Crippen molar-refractivity contribution in [1.82, 2.24) is 5.32 Å². The van der Waals surface area contributed by atoms with Crippen molar-refractivity contribution in [2.45, 2.75) is 19.3 Å². The molecule has 1 aliphatic heterocycles. The Bertz CT molecular complexity index is 385. The number of amides is 1. The third kappa shape index (κ3) is 4.31. The van der Waals surface area contributed by atoms with Crippen molar-refractivity contribution < 1.29 is 9.53 Å². The first-order chi connectivity index (χ1) is 8.74. The number of ether oxygens (including phenoxy) is 1. The molecule has 2 rings (SSSR count). The lowest BCUT2D eigenvalue weighted by Crippen LogP contribution is -2.33. The zero-order chi connectivity index (χ0) is 12.8. The lowest BCUT2D eigenvalue weighted by atomic mass is 10.0. The number of halogens is 1. The number of nitrogens with one attached hydrogen (secondary N) is 1. The van der Waals surface area contributed by atoms with Crippen molar-refractivity contribution in [2.24, 2.45) is 5.92 Å². The Morgan fingerprint density at radius 3 is 2.61 bits per heavy atom. The van der Waals surface area contributed by atoms with Crippen LogP contribution in [0.15, 0.2) is 24.3 Å². The predicted molar refractivity (Wildman–Crippen MR) is 71.7 cm³/mol. The van der Waals surface area contributed by atoms with E-state index in [1.807, 2.05) is 24.3 Å². The summed E-state index contributed by atoms with van der Waals surface area (Å²) >= 11 is 5.80. The van der Waals surface area contributed by atoms with Gasteiger partial charge in [0.15, 0.2) is 0 Å². The minimum Gasteiger partial charge on any atom is -0.381 e. The summed E-state index contributed by atoms with van der Waals surface area (Å²) in [6.07, 6.45) is 2.50. The molecule has 1 aromatic rings. The second-order valence-corrected chi connectivity index (χ2v) is 5.10. The van der Waals surface area contributed by atoms with Crippen molar-refractivity contribution in [3.63, 3.8) is 0 Å². The van der Waals surface area contributed by atoms with Crippen molar-refractivity contribution in [3.8, 4) is 0 Å². The maximum atomic E-state index is 11.8. The summed E-state index contributed by atoms with van der Waals surface area (Å²) < 4.78 is 5.29. The molecular weight excluding hydrogens is 250 g/mol. The Morgan fingerprint density at radius 1 is 1.28 bits per heavy atom. The normalized spacial score (nSPS) is 16.5. The van der Waals surface area contributed by atoms with Crippen LogP contribution < -0.4 is 5.32 Å². The highest BCUT2D eigenvalue weighted by Gasteiger charge is 2.14. The minimum atomic E-state index is 0.0730. The van der Waals surface area contributed by atoms with Crippen LogP contribution in [0.5, 0.6) is 0 Å². The molecule has 1 N–H and O–H groups in total. The first-order valence-electron chi connectivity index (χ1n) is 6.33. The van der Waals surface area contributed by atoms with E-state index in [-0.39, 0.29) is 5.91 Å². The number of benzene rings is 1. The van der Waals surface area contributed by atoms with Gasteiger partial charge in [-0.1, -0.05) is 23.7 Å². The van der Waals surface area contributed by atoms with Crippen LogP contribution in [-0.2, 0) is 16.0 Å². The molecule has 0 bridgehead atoms. The van der Waals surface area contributed by atoms with E-state index in [1.165, 1.54) is 0 Å². The Balaban J connectivity index is 1.73. The second-order valence-electron chi connectivity index (χ2n) is 4.66. The summed E-state index contributed by atoms with van der Waals surface area (Å²) in [6, 6.07) is 7.39. The quantitative estimate of drug-likeness (QED) is 0.910. The van der Waals surface area contributed by atoms with Gasteiger partial charge in [-0.15, -0.1) is 0 Å². The highest BCUT2D eigenvalue weighted by atomic mass is 35.5. The fourth-order valence-electron chi connectivity index (χ4n) is 2.06. The number of hydrogen-bond acceptors (Lipinski definition) is 2. The van der Waals surface area contributed by atoms with Gasteiger partial charge in [0.1, 0.15) is 0 Å². The molecule has 0 saturated carbocycles. The molecule has 1 fully saturated rings. The molecule has 18 heavy (non-hydrogen) atoms. The molecule has 0 aliphatic carbocycles. The zero-order valence-electron chi connectivity index (χ0n) is 10.3. The van der Waals surface area contributed by atoms with Crippen LogP contribution in [0.25, 0.3) is 0 Å². The van der Waals surface area contributed by atoms with Crippen LogP contribution in [0.3, 0.4) is 0 Å². The first-order valence-corrected chi connectivity index (χ1v) is 6.71. The lowest BCUT2D eigenvalue weighted by Gasteiger charge is -2.22. The summed E-state index contributed by atoms with van der Waals surface area (Å²) in [6.45, 7) is 2.39. The molecule has 4 heteroatoms. The maximum Gasteiger partial charge on any atom is 0.224 e. The van der Waals surface area contributed by atoms with Crippen LogP contribution in [0, 0.1) is 5.92 Å². The van der Waals surface area contributed by atoms with Gasteiger partial charge in [0.05, 0.1) is 6.42 Å². The van der Waals surface area contributed by atoms with Gasteiger partial charge < -0.3 is 10.1 Å². The molecule has 98 valence electrons. The average molecular weight is 268 g/mol. The fraction of sp³-hybridized carbons (Fsp3) is 0.500. The van der Waals surface area contributed by atoms with Crippen molar-refractivity contribution in [2.75, 3.05) is 19.8 Å². The second kappa shape index (κ2) is 6.76. The number of carbonyl (C=O) groups excluding carboxylic acids is 1. The smallest absolute Gasteiger partial charge is 0.224 e. The lowest BCUT2D eigenvalue weighted by molar-refractivity contribution is -0.120. The molecular formula is C14H18ClNO2. The van der Waals surface area contributed by atoms with E-state index in [4.69, 9.17) is 16.3 Å². The van der Waals surface area contributed by atoms with Crippen LogP contribution >= 0.6 is 11.6 Å². The van der Waals surface area contributed by atoms with E-state index in [9.17, 15) is 4.79 Å². The average Bonchev–Trinajstić information content (AvgIpc) is 2.40. The van der Waals surface area contributed by atoms with Gasteiger partial charge in [-0.3, -0.25) is 4.79 Å². The van der Waals surface area contributed by atoms with Crippen molar-refractivity contribution >= 4 is 17.5 Å². The molecule has 1 aromatic carbocycles. The predicted octanol–water partition coefficient (Wildman–Crippen LogP) is 2.43. The SMILES string of the molecule is O=C(Cc1ccc(Cl)cc1)NCC1CCOCC1. The van der Waals surface area contributed by atoms with E-state index < -0.39 is 0 Å². The van der Waals surface area contributed by atoms with E-state index in [0.29, 0.717) is 17.4 Å². The zero-order valence-corrected chi connectivity index (χ0v) is 11.1. The highest BCUT2D eigenvalue weighted by molar-refractivity contribution is 6.30. The maximum absolute atomic E-state index is 11.8. The van der Waals surface area contributed by atoms with Crippen LogP contribution in [-0.4, -0.2) is 25.7 Å². The summed E-state index contributed by atoms with van der Waals surface area (Å²) in [5, 5.41) is 3.68. The summed E-state index contributed by atoms with van der Waals surface area (Å²) in [4.78, 5) is 11.8. The molecule has 1 aliphatic rings. The largest absolute Gasteiger partial charge is 0.381 e. The third-order valence-electron chi connectivity index (χ3n) is 3.21. The Kier molecular flexibility index (Phi) is 5.02. The van der Waals surface area contributed by atoms with Gasteiger partial charge in [-0.05, 0) is 36.5 Å². The van der Waals surface area contributed by atoms with Gasteiger partial charge in [0, 0.05) is 24.8 Å². The molecule has 0 radical (unpaired) electrons. The van der Waals surface area contributed by atoms with Gasteiger partial charge >= 0.3 is 0 Å². The van der Waals surface area contributed by atoms with Crippen LogP contribution in [0.1, 0.15) is 18.4 Å². The summed E-state index contributed by atoms with van der Waals surface area (Å²) in [7, 11) is 0. The van der Waals surface area contributed by atoms with E-state index in [2.05, 4.69) is 5.32 Å². The third-order valence-corrected chi connectivity index (χ3v) is 3.46. The summed E-state index contributed by atoms with van der Waals surface area (Å²) in [5.74, 6) is 0.636. The van der Waals surface area contributed by atoms with Gasteiger partial charge in [0.25, 0.3) is 0 Å². The molecule has 0 spiro atoms. The van der Waals surface area contributed by atoms with Crippen LogP contribution in [0.4, 0.5) is 0 Å². The minimum absolute atomic E-state index is 0.0730. The molecule has 0 aromatic heterocycles. The Hall–Kier alpha value is -1.06. The standard InChI is InChI=1S/C14H18ClNO2/c15-13-3-1-11(2-4-13)9-14(17)16-10-12-5-7-18-8-6-12/h1-4,12H,5-10H2,(H,16,17). The Labute approximate surface area is 112 Å². The molecule has 1 amide bonds. The van der Waals surface area contributed by atoms with E-state index in [0.717, 1.165) is 38.2 Å². The number of carbonyl (C=O) groups is 1. The van der Waals surface area contributed by atoms with Gasteiger partial charge in [0.2, 0.25) is 5.91 Å². The van der Waals surface area contributed by atoms with Crippen LogP contribution in [0.2, 0.25) is 5.02 Å². The van der Waals surface area contributed by atoms with Gasteiger partial charge in [-0.2, -0.15) is 0 Å². The van der Waals surface area contributed by atoms with Gasteiger partial charge in [-0.25, -0.2) is 0 Å².